The number of esters is 1. The number of hydrogen-bond acceptors (Lipinski definition) is 9. The Morgan fingerprint density at radius 2 is 2.16 bits per heavy atom. The van der Waals surface area contributed by atoms with E-state index in [1.807, 2.05) is 22.4 Å². The average Bonchev–Trinajstić information content (AvgIpc) is 3.43. The number of morpholine rings is 1. The van der Waals surface area contributed by atoms with Crippen molar-refractivity contribution in [2.75, 3.05) is 26.4 Å². The highest BCUT2D eigenvalue weighted by Gasteiger charge is 2.47. The lowest BCUT2D eigenvalue weighted by atomic mass is 9.81. The number of carbonyl (C=O) groups is 2. The molecule has 2 N–H and O–H groups in total. The molecule has 5 rings (SSSR count). The van der Waals surface area contributed by atoms with E-state index < -0.39 is 36.1 Å². The molecule has 0 radical (unpaired) electrons. The number of fused-ring (bicyclic) bond motifs is 2. The van der Waals surface area contributed by atoms with Gasteiger partial charge in [0.15, 0.2) is 10.8 Å². The highest BCUT2D eigenvalue weighted by atomic mass is 35.5. The maximum absolute atomic E-state index is 15.6. The van der Waals surface area contributed by atoms with Crippen LogP contribution >= 0.6 is 22.9 Å². The van der Waals surface area contributed by atoms with Gasteiger partial charge in [0.1, 0.15) is 12.2 Å². The molecule has 0 aliphatic carbocycles. The Balaban J connectivity index is 1.56. The van der Waals surface area contributed by atoms with Crippen LogP contribution in [0.4, 0.5) is 4.39 Å². The SMILES string of the molecule is CCOC(=O)C1=C(CN2[C@H]3COC[C@@H]2[C@@H](F)[C@H](CC(=O)O)C3)NC(c2nccs2)=N[C@H]1c1ccccc1Cl. The van der Waals surface area contributed by atoms with Gasteiger partial charge < -0.3 is 19.9 Å². The number of amidine groups is 1. The van der Waals surface area contributed by atoms with E-state index in [0.717, 1.165) is 0 Å². The third-order valence-electron chi connectivity index (χ3n) is 7.12. The molecule has 0 spiro atoms. The number of alkyl halides is 1. The number of hydrogen-bond donors (Lipinski definition) is 2. The van der Waals surface area contributed by atoms with Crippen LogP contribution in [0.25, 0.3) is 0 Å². The molecule has 3 aliphatic rings. The summed E-state index contributed by atoms with van der Waals surface area (Å²) in [6.07, 6.45) is 0.394. The molecule has 9 nitrogen and oxygen atoms in total. The molecule has 0 unspecified atom stereocenters. The summed E-state index contributed by atoms with van der Waals surface area (Å²) < 4.78 is 26.7. The number of aliphatic imine (C=N–C) groups is 1. The fraction of sp³-hybridized carbons (Fsp3) is 0.462. The van der Waals surface area contributed by atoms with Crippen LogP contribution in [0, 0.1) is 5.92 Å². The normalized spacial score (nSPS) is 27.4. The second-order valence-corrected chi connectivity index (χ2v) is 10.7. The molecule has 4 heterocycles. The number of ether oxygens (including phenoxy) is 2. The Bertz CT molecular complexity index is 1260. The fourth-order valence-electron chi connectivity index (χ4n) is 5.45. The molecule has 0 amide bonds. The van der Waals surface area contributed by atoms with Gasteiger partial charge in [-0.15, -0.1) is 11.3 Å². The smallest absolute Gasteiger partial charge is 0.338 e. The average molecular weight is 563 g/mol. The Labute approximate surface area is 228 Å². The highest BCUT2D eigenvalue weighted by molar-refractivity contribution is 7.11. The quantitative estimate of drug-likeness (QED) is 0.469. The number of benzene rings is 1. The standard InChI is InChI=1S/C26H28ClFN4O5S/c1-2-37-26(35)21-18(11-32-15-9-14(10-20(33)34)22(28)19(32)13-36-12-15)30-24(25-29-7-8-38-25)31-23(21)16-5-3-4-6-17(16)27/h3-8,14-15,19,22-23H,2,9-13H2,1H3,(H,30,31)(H,33,34)/t14-,15+,19+,22-,23-/m0/s1. The van der Waals surface area contributed by atoms with Crippen molar-refractivity contribution in [2.24, 2.45) is 10.9 Å². The van der Waals surface area contributed by atoms with E-state index in [4.69, 9.17) is 26.1 Å². The molecule has 5 atom stereocenters. The lowest BCUT2D eigenvalue weighted by Crippen LogP contribution is -2.63. The maximum atomic E-state index is 15.6. The van der Waals surface area contributed by atoms with Gasteiger partial charge in [0.25, 0.3) is 0 Å². The van der Waals surface area contributed by atoms with Crippen molar-refractivity contribution in [3.8, 4) is 0 Å². The van der Waals surface area contributed by atoms with Crippen molar-refractivity contribution in [1.82, 2.24) is 15.2 Å². The number of nitrogens with zero attached hydrogens (tertiary/aromatic N) is 3. The fourth-order valence-corrected chi connectivity index (χ4v) is 6.28. The Morgan fingerprint density at radius 1 is 1.34 bits per heavy atom. The molecule has 2 fully saturated rings. The molecule has 38 heavy (non-hydrogen) atoms. The van der Waals surface area contributed by atoms with E-state index in [9.17, 15) is 14.7 Å². The first-order valence-electron chi connectivity index (χ1n) is 12.5. The number of carbonyl (C=O) groups excluding carboxylic acids is 1. The molecular formula is C26H28ClFN4O5S. The van der Waals surface area contributed by atoms with Crippen molar-refractivity contribution in [3.63, 3.8) is 0 Å². The predicted molar refractivity (Wildman–Crippen MR) is 140 cm³/mol. The van der Waals surface area contributed by atoms with Gasteiger partial charge in [-0.3, -0.25) is 14.7 Å². The first-order chi connectivity index (χ1) is 18.4. The van der Waals surface area contributed by atoms with E-state index in [2.05, 4.69) is 10.3 Å². The molecule has 3 aliphatic heterocycles. The molecule has 2 bridgehead atoms. The number of aliphatic carboxylic acids is 1. The Kier molecular flexibility index (Phi) is 8.08. The van der Waals surface area contributed by atoms with Gasteiger partial charge in [-0.25, -0.2) is 14.2 Å². The summed E-state index contributed by atoms with van der Waals surface area (Å²) in [5, 5.41) is 15.5. The lowest BCUT2D eigenvalue weighted by Gasteiger charge is -2.50. The van der Waals surface area contributed by atoms with E-state index in [1.165, 1.54) is 11.3 Å². The van der Waals surface area contributed by atoms with E-state index >= 15 is 4.39 Å². The summed E-state index contributed by atoms with van der Waals surface area (Å²) in [6.45, 7) is 2.57. The lowest BCUT2D eigenvalue weighted by molar-refractivity contribution is -0.146. The molecule has 12 heteroatoms. The zero-order chi connectivity index (χ0) is 26.8. The molecule has 2 saturated heterocycles. The van der Waals surface area contributed by atoms with Crippen LogP contribution in [0.1, 0.15) is 36.4 Å². The van der Waals surface area contributed by atoms with Crippen molar-refractivity contribution < 1.29 is 28.6 Å². The number of piperidine rings is 1. The number of halogens is 2. The number of thiazole rings is 1. The number of aromatic nitrogens is 1. The van der Waals surface area contributed by atoms with Crippen LogP contribution in [0.15, 0.2) is 52.1 Å². The topological polar surface area (TPSA) is 113 Å². The summed E-state index contributed by atoms with van der Waals surface area (Å²) >= 11 is 7.97. The van der Waals surface area contributed by atoms with Crippen LogP contribution in [0.5, 0.6) is 0 Å². The van der Waals surface area contributed by atoms with Crippen LogP contribution in [0.3, 0.4) is 0 Å². The minimum atomic E-state index is -1.38. The number of carboxylic acid groups (broad SMARTS) is 1. The first-order valence-corrected chi connectivity index (χ1v) is 13.7. The maximum Gasteiger partial charge on any atom is 0.338 e. The van der Waals surface area contributed by atoms with Crippen molar-refractivity contribution in [2.45, 2.75) is 44.1 Å². The van der Waals surface area contributed by atoms with Crippen molar-refractivity contribution in [3.05, 3.63) is 62.7 Å². The van der Waals surface area contributed by atoms with Crippen molar-refractivity contribution in [1.29, 1.82) is 0 Å². The van der Waals surface area contributed by atoms with Gasteiger partial charge in [0.2, 0.25) is 0 Å². The molecule has 2 aromatic rings. The van der Waals surface area contributed by atoms with Crippen LogP contribution in [-0.2, 0) is 19.1 Å². The summed E-state index contributed by atoms with van der Waals surface area (Å²) in [6, 6.07) is 5.57. The number of rotatable bonds is 8. The van der Waals surface area contributed by atoms with Gasteiger partial charge in [0, 0.05) is 46.4 Å². The molecule has 1 aromatic heterocycles. The predicted octanol–water partition coefficient (Wildman–Crippen LogP) is 3.61. The second kappa shape index (κ2) is 11.5. The third-order valence-corrected chi connectivity index (χ3v) is 8.24. The summed E-state index contributed by atoms with van der Waals surface area (Å²) in [5.41, 5.74) is 1.45. The van der Waals surface area contributed by atoms with Crippen LogP contribution in [-0.4, -0.2) is 77.4 Å². The van der Waals surface area contributed by atoms with Gasteiger partial charge in [-0.1, -0.05) is 29.8 Å². The van der Waals surface area contributed by atoms with Gasteiger partial charge in [-0.2, -0.15) is 0 Å². The largest absolute Gasteiger partial charge is 0.481 e. The zero-order valence-corrected chi connectivity index (χ0v) is 22.3. The molecule has 0 saturated carbocycles. The number of nitrogens with one attached hydrogen (secondary N) is 1. The first kappa shape index (κ1) is 26.7. The highest BCUT2D eigenvalue weighted by Crippen LogP contribution is 2.39. The van der Waals surface area contributed by atoms with Crippen LogP contribution < -0.4 is 5.32 Å². The monoisotopic (exact) mass is 562 g/mol. The zero-order valence-electron chi connectivity index (χ0n) is 20.7. The third kappa shape index (κ3) is 5.33. The molecular weight excluding hydrogens is 535 g/mol. The van der Waals surface area contributed by atoms with Crippen molar-refractivity contribution >= 4 is 40.7 Å². The second-order valence-electron chi connectivity index (χ2n) is 9.45. The van der Waals surface area contributed by atoms with Gasteiger partial charge in [0.05, 0.1) is 37.9 Å². The summed E-state index contributed by atoms with van der Waals surface area (Å²) in [5.74, 6) is -1.67. The minimum Gasteiger partial charge on any atom is -0.481 e. The van der Waals surface area contributed by atoms with E-state index in [1.54, 1.807) is 25.3 Å². The minimum absolute atomic E-state index is 0.136. The Hall–Kier alpha value is -2.86. The molecule has 202 valence electrons. The number of carboxylic acids is 1. The van der Waals surface area contributed by atoms with Gasteiger partial charge >= 0.3 is 11.9 Å². The summed E-state index contributed by atoms with van der Waals surface area (Å²) in [7, 11) is 0. The van der Waals surface area contributed by atoms with Crippen LogP contribution in [0.2, 0.25) is 5.02 Å². The van der Waals surface area contributed by atoms with E-state index in [0.29, 0.717) is 45.7 Å². The van der Waals surface area contributed by atoms with Gasteiger partial charge in [-0.05, 0) is 19.4 Å². The van der Waals surface area contributed by atoms with E-state index in [-0.39, 0.29) is 32.2 Å². The Morgan fingerprint density at radius 3 is 2.87 bits per heavy atom. The summed E-state index contributed by atoms with van der Waals surface area (Å²) in [4.78, 5) is 35.9. The molecule has 1 aromatic carbocycles.